The minimum absolute atomic E-state index is 0.184. The van der Waals surface area contributed by atoms with Gasteiger partial charge in [0.05, 0.1) is 17.9 Å². The van der Waals surface area contributed by atoms with Crippen molar-refractivity contribution in [2.75, 3.05) is 5.32 Å². The Kier molecular flexibility index (Phi) is 4.03. The molecular weight excluding hydrogens is 389 g/mol. The molecule has 0 spiro atoms. The number of hydrogen-bond donors (Lipinski definition) is 2. The van der Waals surface area contributed by atoms with Gasteiger partial charge in [-0.1, -0.05) is 30.3 Å². The number of allylic oxidation sites excluding steroid dienone is 1. The number of H-pyrrole nitrogens is 1. The zero-order valence-corrected chi connectivity index (χ0v) is 16.8. The highest BCUT2D eigenvalue weighted by atomic mass is 19.1. The number of anilines is 1. The summed E-state index contributed by atoms with van der Waals surface area (Å²) in [7, 11) is 0. The molecule has 1 aliphatic heterocycles. The van der Waals surface area contributed by atoms with Crippen molar-refractivity contribution in [1.82, 2.24) is 10.2 Å². The Bertz CT molecular complexity index is 1370. The molecular formula is C26H20FN3O. The average molecular weight is 409 g/mol. The van der Waals surface area contributed by atoms with E-state index >= 15 is 0 Å². The zero-order chi connectivity index (χ0) is 20.9. The van der Waals surface area contributed by atoms with E-state index in [1.807, 2.05) is 12.1 Å². The third kappa shape index (κ3) is 2.81. The van der Waals surface area contributed by atoms with Crippen molar-refractivity contribution in [2.45, 2.75) is 25.3 Å². The maximum atomic E-state index is 13.5. The molecule has 4 nitrogen and oxygen atoms in total. The number of halogens is 1. The number of nitrogens with zero attached hydrogens (tertiary/aromatic N) is 1. The lowest BCUT2D eigenvalue weighted by Crippen LogP contribution is -2.27. The molecule has 0 saturated heterocycles. The molecule has 152 valence electrons. The largest absolute Gasteiger partial charge is 0.373 e. The van der Waals surface area contributed by atoms with E-state index < -0.39 is 0 Å². The normalized spacial score (nSPS) is 18.0. The minimum Gasteiger partial charge on any atom is -0.373 e. The molecule has 2 N–H and O–H groups in total. The van der Waals surface area contributed by atoms with E-state index in [4.69, 9.17) is 0 Å². The minimum atomic E-state index is -0.296. The van der Waals surface area contributed by atoms with Gasteiger partial charge in [-0.3, -0.25) is 9.89 Å². The van der Waals surface area contributed by atoms with Crippen LogP contribution in [0, 0.1) is 5.82 Å². The second-order valence-electron chi connectivity index (χ2n) is 8.16. The molecule has 0 radical (unpaired) electrons. The van der Waals surface area contributed by atoms with Crippen molar-refractivity contribution < 1.29 is 9.18 Å². The summed E-state index contributed by atoms with van der Waals surface area (Å²) in [5.41, 5.74) is 6.68. The van der Waals surface area contributed by atoms with Crippen molar-refractivity contribution in [3.8, 4) is 11.3 Å². The molecule has 2 heterocycles. The number of aromatic amines is 1. The maximum Gasteiger partial charge on any atom is 0.161 e. The zero-order valence-electron chi connectivity index (χ0n) is 16.8. The molecule has 0 fully saturated rings. The van der Waals surface area contributed by atoms with Crippen molar-refractivity contribution in [1.29, 1.82) is 0 Å². The molecule has 0 bridgehead atoms. The molecule has 0 amide bonds. The van der Waals surface area contributed by atoms with E-state index in [0.717, 1.165) is 52.1 Å². The summed E-state index contributed by atoms with van der Waals surface area (Å²) >= 11 is 0. The van der Waals surface area contributed by atoms with Gasteiger partial charge in [-0.15, -0.1) is 0 Å². The number of carbonyl (C=O) groups is 1. The van der Waals surface area contributed by atoms with Crippen molar-refractivity contribution in [3.63, 3.8) is 0 Å². The topological polar surface area (TPSA) is 57.8 Å². The Morgan fingerprint density at radius 3 is 2.68 bits per heavy atom. The summed E-state index contributed by atoms with van der Waals surface area (Å²) in [5.74, 6) is -0.0996. The van der Waals surface area contributed by atoms with Crippen LogP contribution in [0.4, 0.5) is 10.1 Å². The Morgan fingerprint density at radius 2 is 1.81 bits per heavy atom. The van der Waals surface area contributed by atoms with Crippen LogP contribution in [-0.4, -0.2) is 16.0 Å². The smallest absolute Gasteiger partial charge is 0.161 e. The van der Waals surface area contributed by atoms with Crippen LogP contribution in [-0.2, 0) is 4.79 Å². The van der Waals surface area contributed by atoms with Gasteiger partial charge in [-0.2, -0.15) is 5.10 Å². The van der Waals surface area contributed by atoms with Gasteiger partial charge >= 0.3 is 0 Å². The molecule has 0 unspecified atom stereocenters. The summed E-state index contributed by atoms with van der Waals surface area (Å²) in [6, 6.07) is 18.6. The summed E-state index contributed by atoms with van der Waals surface area (Å²) < 4.78 is 13.5. The summed E-state index contributed by atoms with van der Waals surface area (Å²) in [5, 5.41) is 13.3. The molecule has 4 aromatic rings. The Hall–Kier alpha value is -3.73. The van der Waals surface area contributed by atoms with E-state index in [0.29, 0.717) is 6.42 Å². The first-order chi connectivity index (χ1) is 15.2. The number of nitrogens with one attached hydrogen (secondary N) is 2. The average Bonchev–Trinajstić information content (AvgIpc) is 3.28. The first-order valence-electron chi connectivity index (χ1n) is 10.5. The van der Waals surface area contributed by atoms with E-state index in [1.54, 1.807) is 18.3 Å². The van der Waals surface area contributed by atoms with Gasteiger partial charge in [0.25, 0.3) is 0 Å². The summed E-state index contributed by atoms with van der Waals surface area (Å²) in [6.45, 7) is 0. The maximum absolute atomic E-state index is 13.5. The predicted octanol–water partition coefficient (Wildman–Crippen LogP) is 6.04. The molecule has 5 heteroatoms. The third-order valence-electron chi connectivity index (χ3n) is 6.39. The van der Waals surface area contributed by atoms with Crippen LogP contribution in [0.5, 0.6) is 0 Å². The number of Topliss-reactive ketones (excluding diaryl/α,β-unsaturated/α-hetero) is 1. The lowest BCUT2D eigenvalue weighted by Gasteiger charge is -2.35. The van der Waals surface area contributed by atoms with E-state index in [1.165, 1.54) is 22.9 Å². The molecule has 0 saturated carbocycles. The van der Waals surface area contributed by atoms with Crippen molar-refractivity contribution in [3.05, 3.63) is 89.4 Å². The second kappa shape index (κ2) is 6.91. The van der Waals surface area contributed by atoms with Crippen LogP contribution < -0.4 is 5.32 Å². The molecule has 6 rings (SSSR count). The van der Waals surface area contributed by atoms with Gasteiger partial charge in [0.1, 0.15) is 5.82 Å². The van der Waals surface area contributed by atoms with Crippen LogP contribution in [0.3, 0.4) is 0 Å². The van der Waals surface area contributed by atoms with Gasteiger partial charge in [0.2, 0.25) is 0 Å². The number of ketones is 1. The fourth-order valence-electron chi connectivity index (χ4n) is 5.00. The first-order valence-corrected chi connectivity index (χ1v) is 10.5. The predicted molar refractivity (Wildman–Crippen MR) is 120 cm³/mol. The van der Waals surface area contributed by atoms with Crippen LogP contribution >= 0.6 is 0 Å². The fourth-order valence-corrected chi connectivity index (χ4v) is 5.00. The van der Waals surface area contributed by atoms with Gasteiger partial charge in [-0.25, -0.2) is 4.39 Å². The summed E-state index contributed by atoms with van der Waals surface area (Å²) in [4.78, 5) is 13.2. The van der Waals surface area contributed by atoms with E-state index in [2.05, 4.69) is 39.8 Å². The van der Waals surface area contributed by atoms with E-state index in [-0.39, 0.29) is 17.6 Å². The quantitative estimate of drug-likeness (QED) is 0.424. The van der Waals surface area contributed by atoms with Crippen LogP contribution in [0.2, 0.25) is 0 Å². The highest BCUT2D eigenvalue weighted by Crippen LogP contribution is 2.48. The van der Waals surface area contributed by atoms with Crippen LogP contribution in [0.1, 0.15) is 36.4 Å². The van der Waals surface area contributed by atoms with Gasteiger partial charge in [0, 0.05) is 34.4 Å². The Labute approximate surface area is 178 Å². The number of hydrogen-bond acceptors (Lipinski definition) is 3. The monoisotopic (exact) mass is 409 g/mol. The number of aromatic nitrogens is 2. The number of fused-ring (bicyclic) bond motifs is 4. The fraction of sp³-hybridized carbons (Fsp3) is 0.154. The molecule has 3 aromatic carbocycles. The van der Waals surface area contributed by atoms with Gasteiger partial charge < -0.3 is 5.32 Å². The lowest BCUT2D eigenvalue weighted by molar-refractivity contribution is -0.116. The third-order valence-corrected chi connectivity index (χ3v) is 6.39. The van der Waals surface area contributed by atoms with Gasteiger partial charge in [-0.05, 0) is 59.5 Å². The van der Waals surface area contributed by atoms with Gasteiger partial charge in [0.15, 0.2) is 5.78 Å². The Balaban J connectivity index is 1.57. The summed E-state index contributed by atoms with van der Waals surface area (Å²) in [6.07, 6.45) is 4.07. The van der Waals surface area contributed by atoms with E-state index in [9.17, 15) is 9.18 Å². The first kappa shape index (κ1) is 18.1. The highest BCUT2D eigenvalue weighted by molar-refractivity contribution is 6.12. The van der Waals surface area contributed by atoms with Crippen molar-refractivity contribution in [2.24, 2.45) is 0 Å². The number of benzene rings is 3. The number of carbonyl (C=O) groups excluding carboxylic acids is 1. The highest BCUT2D eigenvalue weighted by Gasteiger charge is 2.36. The molecule has 1 atom stereocenters. The standard InChI is InChI=1S/C26H20FN3O/c27-17-11-8-16(9-12-17)25-20(14-28-30-25)26-24-19(6-3-7-22(24)31)23-18-5-2-1-4-15(18)10-13-21(23)29-26/h1-2,4-5,8-14,26,29H,3,6-7H2,(H,28,30)/t26-/m1/s1. The van der Waals surface area contributed by atoms with Crippen molar-refractivity contribution >= 4 is 27.8 Å². The SMILES string of the molecule is O=C1CCCC2=C1[C@@H](c1cn[nH]c1-c1ccc(F)cc1)Nc1ccc3ccccc3c12. The molecule has 2 aliphatic rings. The molecule has 1 aromatic heterocycles. The lowest BCUT2D eigenvalue weighted by atomic mass is 9.76. The molecule has 1 aliphatic carbocycles. The molecule has 31 heavy (non-hydrogen) atoms. The van der Waals surface area contributed by atoms with Crippen LogP contribution in [0.25, 0.3) is 27.6 Å². The second-order valence-corrected chi connectivity index (χ2v) is 8.16. The van der Waals surface area contributed by atoms with Crippen LogP contribution in [0.15, 0.2) is 72.4 Å². The Morgan fingerprint density at radius 1 is 0.968 bits per heavy atom. The number of rotatable bonds is 2.